The van der Waals surface area contributed by atoms with Gasteiger partial charge in [-0.3, -0.25) is 4.68 Å². The molecular weight excluding hydrogens is 272 g/mol. The predicted molar refractivity (Wildman–Crippen MR) is 76.8 cm³/mol. The summed E-state index contributed by atoms with van der Waals surface area (Å²) in [5.41, 5.74) is 0.911. The average molecular weight is 292 g/mol. The quantitative estimate of drug-likeness (QED) is 0.464. The summed E-state index contributed by atoms with van der Waals surface area (Å²) in [7, 11) is 3.06. The minimum atomic E-state index is -0.427. The number of aliphatic imine (C=N–C) groups is 1. The van der Waals surface area contributed by atoms with E-state index in [9.17, 15) is 4.79 Å². The molecule has 3 heterocycles. The standard InChI is InChI=1S/C14H20N4O3/c1-9(18-7-10-4-5-11(8-18)21-10)16-12-6-15-17(2)13(12)14(19)20-3/h6,10-11H,4-5,7-8H2,1-3H3. The van der Waals surface area contributed by atoms with Gasteiger partial charge in [0.15, 0.2) is 5.69 Å². The maximum atomic E-state index is 11.8. The van der Waals surface area contributed by atoms with Crippen molar-refractivity contribution in [2.45, 2.75) is 32.0 Å². The Labute approximate surface area is 123 Å². The number of hydrogen-bond donors (Lipinski definition) is 0. The molecule has 21 heavy (non-hydrogen) atoms. The van der Waals surface area contributed by atoms with Crippen LogP contribution in [0, 0.1) is 0 Å². The smallest absolute Gasteiger partial charge is 0.358 e. The molecule has 2 unspecified atom stereocenters. The van der Waals surface area contributed by atoms with Crippen molar-refractivity contribution < 1.29 is 14.3 Å². The van der Waals surface area contributed by atoms with E-state index in [1.54, 1.807) is 13.2 Å². The fourth-order valence-corrected chi connectivity index (χ4v) is 2.97. The monoisotopic (exact) mass is 292 g/mol. The molecule has 2 saturated heterocycles. The Morgan fingerprint density at radius 2 is 2.10 bits per heavy atom. The van der Waals surface area contributed by atoms with Crippen LogP contribution < -0.4 is 0 Å². The summed E-state index contributed by atoms with van der Waals surface area (Å²) in [5.74, 6) is 0.456. The lowest BCUT2D eigenvalue weighted by atomic mass is 10.2. The van der Waals surface area contributed by atoms with E-state index >= 15 is 0 Å². The first-order chi connectivity index (χ1) is 10.1. The van der Waals surface area contributed by atoms with Crippen molar-refractivity contribution in [2.24, 2.45) is 12.0 Å². The van der Waals surface area contributed by atoms with Crippen LogP contribution in [0.1, 0.15) is 30.3 Å². The molecule has 0 amide bonds. The molecule has 2 bridgehead atoms. The van der Waals surface area contributed by atoms with E-state index in [-0.39, 0.29) is 0 Å². The Hall–Kier alpha value is -1.89. The Bertz CT molecular complexity index is 569. The largest absolute Gasteiger partial charge is 0.464 e. The molecule has 0 aliphatic carbocycles. The van der Waals surface area contributed by atoms with E-state index < -0.39 is 5.97 Å². The first-order valence-electron chi connectivity index (χ1n) is 7.14. The fourth-order valence-electron chi connectivity index (χ4n) is 2.97. The lowest BCUT2D eigenvalue weighted by Crippen LogP contribution is -2.44. The highest BCUT2D eigenvalue weighted by Gasteiger charge is 2.34. The number of carbonyl (C=O) groups excluding carboxylic acids is 1. The van der Waals surface area contributed by atoms with Gasteiger partial charge >= 0.3 is 5.97 Å². The van der Waals surface area contributed by atoms with E-state index in [0.29, 0.717) is 23.6 Å². The number of amidine groups is 1. The average Bonchev–Trinajstić information content (AvgIpc) is 3.00. The van der Waals surface area contributed by atoms with E-state index in [1.807, 2.05) is 6.92 Å². The van der Waals surface area contributed by atoms with Crippen molar-refractivity contribution in [3.63, 3.8) is 0 Å². The van der Waals surface area contributed by atoms with Crippen LogP contribution in [0.15, 0.2) is 11.2 Å². The first kappa shape index (κ1) is 14.1. The van der Waals surface area contributed by atoms with Gasteiger partial charge in [0.05, 0.1) is 25.5 Å². The number of fused-ring (bicyclic) bond motifs is 2. The Kier molecular flexibility index (Phi) is 3.67. The summed E-state index contributed by atoms with van der Waals surface area (Å²) >= 11 is 0. The number of nitrogens with zero attached hydrogens (tertiary/aromatic N) is 4. The van der Waals surface area contributed by atoms with Crippen LogP contribution in [0.2, 0.25) is 0 Å². The van der Waals surface area contributed by atoms with Crippen LogP contribution in [-0.2, 0) is 16.5 Å². The number of ether oxygens (including phenoxy) is 2. The lowest BCUT2D eigenvalue weighted by molar-refractivity contribution is -0.0158. The van der Waals surface area contributed by atoms with E-state index in [2.05, 4.69) is 15.0 Å². The second-order valence-electron chi connectivity index (χ2n) is 5.52. The minimum Gasteiger partial charge on any atom is -0.464 e. The van der Waals surface area contributed by atoms with Gasteiger partial charge < -0.3 is 14.4 Å². The number of likely N-dealkylation sites (tertiary alicyclic amines) is 1. The third kappa shape index (κ3) is 2.65. The highest BCUT2D eigenvalue weighted by atomic mass is 16.5. The maximum Gasteiger partial charge on any atom is 0.358 e. The number of hydrogen-bond acceptors (Lipinski definition) is 5. The van der Waals surface area contributed by atoms with Crippen molar-refractivity contribution in [3.8, 4) is 0 Å². The summed E-state index contributed by atoms with van der Waals surface area (Å²) in [5, 5.41) is 4.09. The Balaban J connectivity index is 1.83. The number of morpholine rings is 1. The van der Waals surface area contributed by atoms with Crippen LogP contribution in [0.3, 0.4) is 0 Å². The number of carbonyl (C=O) groups is 1. The minimum absolute atomic E-state index is 0.308. The van der Waals surface area contributed by atoms with E-state index in [0.717, 1.165) is 31.8 Å². The molecule has 1 aromatic rings. The van der Waals surface area contributed by atoms with Crippen LogP contribution in [0.4, 0.5) is 5.69 Å². The first-order valence-corrected chi connectivity index (χ1v) is 7.14. The maximum absolute atomic E-state index is 11.8. The van der Waals surface area contributed by atoms with Gasteiger partial charge in [0.1, 0.15) is 11.5 Å². The van der Waals surface area contributed by atoms with Crippen molar-refractivity contribution >= 4 is 17.5 Å². The Morgan fingerprint density at radius 1 is 1.43 bits per heavy atom. The highest BCUT2D eigenvalue weighted by molar-refractivity contribution is 5.94. The third-order valence-corrected chi connectivity index (χ3v) is 4.08. The van der Waals surface area contributed by atoms with Gasteiger partial charge in [-0.05, 0) is 19.8 Å². The van der Waals surface area contributed by atoms with Crippen molar-refractivity contribution in [3.05, 3.63) is 11.9 Å². The molecule has 2 atom stereocenters. The van der Waals surface area contributed by atoms with Gasteiger partial charge in [0.25, 0.3) is 0 Å². The molecule has 1 aromatic heterocycles. The number of aryl methyl sites for hydroxylation is 1. The second-order valence-corrected chi connectivity index (χ2v) is 5.52. The number of methoxy groups -OCH3 is 1. The fraction of sp³-hybridized carbons (Fsp3) is 0.643. The zero-order valence-electron chi connectivity index (χ0n) is 12.6. The van der Waals surface area contributed by atoms with Crippen LogP contribution in [-0.4, -0.2) is 58.9 Å². The molecule has 0 radical (unpaired) electrons. The zero-order chi connectivity index (χ0) is 15.0. The van der Waals surface area contributed by atoms with Crippen molar-refractivity contribution in [1.29, 1.82) is 0 Å². The molecule has 7 heteroatoms. The second kappa shape index (κ2) is 5.48. The van der Waals surface area contributed by atoms with Crippen LogP contribution in [0.5, 0.6) is 0 Å². The molecule has 3 rings (SSSR count). The number of aromatic nitrogens is 2. The van der Waals surface area contributed by atoms with Gasteiger partial charge in [-0.25, -0.2) is 9.79 Å². The van der Waals surface area contributed by atoms with Crippen LogP contribution in [0.25, 0.3) is 0 Å². The summed E-state index contributed by atoms with van der Waals surface area (Å²) in [6.45, 7) is 3.68. The molecular formula is C14H20N4O3. The summed E-state index contributed by atoms with van der Waals surface area (Å²) in [6, 6.07) is 0. The van der Waals surface area contributed by atoms with Crippen LogP contribution >= 0.6 is 0 Å². The SMILES string of the molecule is COC(=O)c1c(N=C(C)N2CC3CCC(C2)O3)cnn1C. The van der Waals surface area contributed by atoms with Crippen molar-refractivity contribution in [1.82, 2.24) is 14.7 Å². The molecule has 2 aliphatic rings. The highest BCUT2D eigenvalue weighted by Crippen LogP contribution is 2.27. The molecule has 0 aromatic carbocycles. The molecule has 0 spiro atoms. The molecule has 114 valence electrons. The van der Waals surface area contributed by atoms with Gasteiger partial charge in [0.2, 0.25) is 0 Å². The third-order valence-electron chi connectivity index (χ3n) is 4.08. The number of esters is 1. The topological polar surface area (TPSA) is 68.9 Å². The number of rotatable bonds is 2. The van der Waals surface area contributed by atoms with Gasteiger partial charge in [-0.1, -0.05) is 0 Å². The molecule has 7 nitrogen and oxygen atoms in total. The van der Waals surface area contributed by atoms with Gasteiger partial charge in [-0.15, -0.1) is 0 Å². The molecule has 0 N–H and O–H groups in total. The predicted octanol–water partition coefficient (Wildman–Crippen LogP) is 1.12. The summed E-state index contributed by atoms with van der Waals surface area (Å²) < 4.78 is 12.1. The summed E-state index contributed by atoms with van der Waals surface area (Å²) in [6.07, 6.45) is 4.44. The van der Waals surface area contributed by atoms with Crippen molar-refractivity contribution in [2.75, 3.05) is 20.2 Å². The summed E-state index contributed by atoms with van der Waals surface area (Å²) in [4.78, 5) is 18.6. The van der Waals surface area contributed by atoms with Gasteiger partial charge in [-0.2, -0.15) is 5.10 Å². The van der Waals surface area contributed by atoms with Gasteiger partial charge in [0, 0.05) is 20.1 Å². The van der Waals surface area contributed by atoms with E-state index in [4.69, 9.17) is 9.47 Å². The Morgan fingerprint density at radius 3 is 2.71 bits per heavy atom. The lowest BCUT2D eigenvalue weighted by Gasteiger charge is -2.33. The molecule has 2 fully saturated rings. The normalized spacial score (nSPS) is 25.3. The molecule has 2 aliphatic heterocycles. The zero-order valence-corrected chi connectivity index (χ0v) is 12.6. The molecule has 0 saturated carbocycles. The van der Waals surface area contributed by atoms with E-state index in [1.165, 1.54) is 11.8 Å².